The maximum Gasteiger partial charge on any atom is 0.313 e. The molecule has 2 aromatic rings. The molecule has 0 fully saturated rings. The van der Waals surface area contributed by atoms with Crippen LogP contribution in [0.25, 0.3) is 0 Å². The van der Waals surface area contributed by atoms with Gasteiger partial charge < -0.3 is 10.6 Å². The zero-order valence-corrected chi connectivity index (χ0v) is 13.1. The highest BCUT2D eigenvalue weighted by Gasteiger charge is 2.13. The van der Waals surface area contributed by atoms with Crippen LogP contribution >= 0.6 is 22.9 Å². The molecular weight excluding hydrogens is 308 g/mol. The molecule has 0 saturated heterocycles. The lowest BCUT2D eigenvalue weighted by atomic mass is 10.2. The van der Waals surface area contributed by atoms with Gasteiger partial charge in [0.05, 0.1) is 0 Å². The first-order valence-corrected chi connectivity index (χ1v) is 7.75. The van der Waals surface area contributed by atoms with Gasteiger partial charge in [-0.3, -0.25) is 9.59 Å². The molecular formula is C15H15ClN2O2S. The lowest BCUT2D eigenvalue weighted by molar-refractivity contribution is -0.136. The van der Waals surface area contributed by atoms with Gasteiger partial charge in [-0.2, -0.15) is 11.3 Å². The number of hydrogen-bond acceptors (Lipinski definition) is 3. The van der Waals surface area contributed by atoms with Gasteiger partial charge in [0, 0.05) is 17.3 Å². The summed E-state index contributed by atoms with van der Waals surface area (Å²) in [5.41, 5.74) is 2.56. The Bertz CT molecular complexity index is 641. The summed E-state index contributed by atoms with van der Waals surface area (Å²) in [5.74, 6) is -1.35. The van der Waals surface area contributed by atoms with E-state index in [1.807, 2.05) is 23.8 Å². The number of benzene rings is 1. The van der Waals surface area contributed by atoms with E-state index in [1.54, 1.807) is 29.5 Å². The van der Waals surface area contributed by atoms with Gasteiger partial charge in [-0.25, -0.2) is 0 Å². The van der Waals surface area contributed by atoms with Crippen LogP contribution in [-0.2, 0) is 16.0 Å². The number of amides is 2. The quantitative estimate of drug-likeness (QED) is 0.850. The highest BCUT2D eigenvalue weighted by molar-refractivity contribution is 7.07. The molecule has 1 aromatic heterocycles. The molecule has 0 saturated carbocycles. The minimum absolute atomic E-state index is 0.428. The van der Waals surface area contributed by atoms with Crippen LogP contribution in [0.1, 0.15) is 11.1 Å². The predicted molar refractivity (Wildman–Crippen MR) is 85.9 cm³/mol. The third kappa shape index (κ3) is 4.58. The number of rotatable bonds is 4. The van der Waals surface area contributed by atoms with Crippen LogP contribution < -0.4 is 10.6 Å². The average molecular weight is 323 g/mol. The van der Waals surface area contributed by atoms with Crippen molar-refractivity contribution in [2.75, 3.05) is 11.9 Å². The first-order chi connectivity index (χ1) is 10.1. The molecule has 0 radical (unpaired) electrons. The summed E-state index contributed by atoms with van der Waals surface area (Å²) < 4.78 is 0. The van der Waals surface area contributed by atoms with Gasteiger partial charge >= 0.3 is 11.8 Å². The van der Waals surface area contributed by atoms with Crippen molar-refractivity contribution in [1.82, 2.24) is 5.32 Å². The molecule has 0 bridgehead atoms. The van der Waals surface area contributed by atoms with Gasteiger partial charge in [0.25, 0.3) is 0 Å². The van der Waals surface area contributed by atoms with Gasteiger partial charge in [0.1, 0.15) is 0 Å². The van der Waals surface area contributed by atoms with Crippen LogP contribution in [0.2, 0.25) is 5.02 Å². The second kappa shape index (κ2) is 7.24. The topological polar surface area (TPSA) is 58.2 Å². The van der Waals surface area contributed by atoms with E-state index in [1.165, 1.54) is 0 Å². The van der Waals surface area contributed by atoms with E-state index >= 15 is 0 Å². The van der Waals surface area contributed by atoms with E-state index in [0.29, 0.717) is 23.7 Å². The van der Waals surface area contributed by atoms with Crippen LogP contribution in [0.5, 0.6) is 0 Å². The SMILES string of the molecule is Cc1ccc(NC(=O)C(=O)NCCc2ccsc2)cc1Cl. The van der Waals surface area contributed by atoms with E-state index in [2.05, 4.69) is 10.6 Å². The van der Waals surface area contributed by atoms with Crippen LogP contribution in [-0.4, -0.2) is 18.4 Å². The van der Waals surface area contributed by atoms with Gasteiger partial charge in [0.15, 0.2) is 0 Å². The number of thiophene rings is 1. The van der Waals surface area contributed by atoms with Crippen molar-refractivity contribution in [1.29, 1.82) is 0 Å². The second-order valence-corrected chi connectivity index (χ2v) is 5.74. The summed E-state index contributed by atoms with van der Waals surface area (Å²) in [7, 11) is 0. The van der Waals surface area contributed by atoms with E-state index in [9.17, 15) is 9.59 Å². The molecule has 0 atom stereocenters. The molecule has 21 heavy (non-hydrogen) atoms. The Morgan fingerprint density at radius 2 is 2.05 bits per heavy atom. The van der Waals surface area contributed by atoms with Crippen molar-refractivity contribution in [2.45, 2.75) is 13.3 Å². The molecule has 2 amide bonds. The number of carbonyl (C=O) groups is 2. The summed E-state index contributed by atoms with van der Waals surface area (Å²) in [6.07, 6.45) is 0.707. The third-order valence-electron chi connectivity index (χ3n) is 2.92. The first kappa shape index (κ1) is 15.5. The Kier molecular flexibility index (Phi) is 5.36. The number of nitrogens with one attached hydrogen (secondary N) is 2. The Balaban J connectivity index is 1.81. The third-order valence-corrected chi connectivity index (χ3v) is 4.05. The number of anilines is 1. The second-order valence-electron chi connectivity index (χ2n) is 4.56. The summed E-state index contributed by atoms with van der Waals surface area (Å²) in [5, 5.41) is 9.65. The van der Waals surface area contributed by atoms with Crippen molar-refractivity contribution in [3.63, 3.8) is 0 Å². The maximum absolute atomic E-state index is 11.7. The number of carbonyl (C=O) groups excluding carboxylic acids is 2. The summed E-state index contributed by atoms with van der Waals surface area (Å²) >= 11 is 7.57. The minimum atomic E-state index is -0.694. The molecule has 110 valence electrons. The van der Waals surface area contributed by atoms with Crippen molar-refractivity contribution in [2.24, 2.45) is 0 Å². The van der Waals surface area contributed by atoms with Crippen LogP contribution in [0.15, 0.2) is 35.0 Å². The predicted octanol–water partition coefficient (Wildman–Crippen LogP) is 3.01. The molecule has 0 unspecified atom stereocenters. The normalized spacial score (nSPS) is 10.2. The van der Waals surface area contributed by atoms with Crippen molar-refractivity contribution in [3.8, 4) is 0 Å². The lowest BCUT2D eigenvalue weighted by Gasteiger charge is -2.07. The van der Waals surface area contributed by atoms with Crippen LogP contribution in [0.4, 0.5) is 5.69 Å². The molecule has 4 nitrogen and oxygen atoms in total. The van der Waals surface area contributed by atoms with Crippen LogP contribution in [0, 0.1) is 6.92 Å². The van der Waals surface area contributed by atoms with Gasteiger partial charge in [-0.05, 0) is 53.4 Å². The molecule has 2 rings (SSSR count). The largest absolute Gasteiger partial charge is 0.347 e. The van der Waals surface area contributed by atoms with Crippen molar-refractivity contribution >= 4 is 40.4 Å². The fraction of sp³-hybridized carbons (Fsp3) is 0.200. The van der Waals surface area contributed by atoms with Gasteiger partial charge in [-0.15, -0.1) is 0 Å². The molecule has 1 aromatic carbocycles. The van der Waals surface area contributed by atoms with E-state index in [-0.39, 0.29) is 0 Å². The minimum Gasteiger partial charge on any atom is -0.347 e. The smallest absolute Gasteiger partial charge is 0.313 e. The van der Waals surface area contributed by atoms with E-state index in [4.69, 9.17) is 11.6 Å². The number of hydrogen-bond donors (Lipinski definition) is 2. The van der Waals surface area contributed by atoms with Gasteiger partial charge in [0.2, 0.25) is 0 Å². The molecule has 0 spiro atoms. The molecule has 0 aliphatic rings. The summed E-state index contributed by atoms with van der Waals surface area (Å²) in [4.78, 5) is 23.4. The van der Waals surface area contributed by atoms with E-state index < -0.39 is 11.8 Å². The number of aryl methyl sites for hydroxylation is 1. The fourth-order valence-corrected chi connectivity index (χ4v) is 2.58. The zero-order chi connectivity index (χ0) is 15.2. The van der Waals surface area contributed by atoms with Crippen molar-refractivity contribution < 1.29 is 9.59 Å². The first-order valence-electron chi connectivity index (χ1n) is 6.42. The highest BCUT2D eigenvalue weighted by Crippen LogP contribution is 2.19. The Morgan fingerprint density at radius 3 is 2.71 bits per heavy atom. The molecule has 0 aliphatic carbocycles. The molecule has 1 heterocycles. The summed E-state index contributed by atoms with van der Waals surface area (Å²) in [6.45, 7) is 2.29. The molecule has 6 heteroatoms. The monoisotopic (exact) mass is 322 g/mol. The lowest BCUT2D eigenvalue weighted by Crippen LogP contribution is -2.36. The highest BCUT2D eigenvalue weighted by atomic mass is 35.5. The summed E-state index contributed by atoms with van der Waals surface area (Å²) in [6, 6.07) is 7.10. The maximum atomic E-state index is 11.7. The van der Waals surface area contributed by atoms with E-state index in [0.717, 1.165) is 11.1 Å². The Labute approximate surface area is 132 Å². The van der Waals surface area contributed by atoms with Crippen LogP contribution in [0.3, 0.4) is 0 Å². The Morgan fingerprint density at radius 1 is 1.24 bits per heavy atom. The van der Waals surface area contributed by atoms with Crippen molar-refractivity contribution in [3.05, 3.63) is 51.2 Å². The fourth-order valence-electron chi connectivity index (χ4n) is 1.69. The molecule has 2 N–H and O–H groups in total. The average Bonchev–Trinajstić information content (AvgIpc) is 2.96. The molecule has 0 aliphatic heterocycles. The zero-order valence-electron chi connectivity index (χ0n) is 11.5. The Hall–Kier alpha value is -1.85. The number of halogens is 1. The van der Waals surface area contributed by atoms with Gasteiger partial charge in [-0.1, -0.05) is 17.7 Å². The standard InChI is InChI=1S/C15H15ClN2O2S/c1-10-2-3-12(8-13(10)16)18-15(20)14(19)17-6-4-11-5-7-21-9-11/h2-3,5,7-9H,4,6H2,1H3,(H,17,19)(H,18,20).